The van der Waals surface area contributed by atoms with E-state index in [0.29, 0.717) is 31.6 Å². The summed E-state index contributed by atoms with van der Waals surface area (Å²) in [4.78, 5) is 45.7. The van der Waals surface area contributed by atoms with E-state index in [1.165, 1.54) is 6.20 Å². The van der Waals surface area contributed by atoms with Crippen molar-refractivity contribution in [2.45, 2.75) is 19.1 Å². The molecule has 2 aromatic carbocycles. The number of aliphatic hydroxyl groups is 1. The van der Waals surface area contributed by atoms with Crippen molar-refractivity contribution < 1.29 is 24.2 Å². The summed E-state index contributed by atoms with van der Waals surface area (Å²) in [7, 11) is 0. The van der Waals surface area contributed by atoms with Crippen LogP contribution < -0.4 is 5.32 Å². The zero-order chi connectivity index (χ0) is 24.6. The molecule has 1 saturated heterocycles. The number of para-hydroxylation sites is 1. The number of rotatable bonds is 6. The summed E-state index contributed by atoms with van der Waals surface area (Å²) in [5.41, 5.74) is 1.96. The van der Waals surface area contributed by atoms with Crippen LogP contribution in [0.15, 0.2) is 66.9 Å². The molecule has 4 rings (SSSR count). The van der Waals surface area contributed by atoms with Gasteiger partial charge in [-0.2, -0.15) is 0 Å². The molecular formula is C26H28N4O5. The van der Waals surface area contributed by atoms with Gasteiger partial charge < -0.3 is 25.0 Å². The molecule has 1 atom stereocenters. The minimum absolute atomic E-state index is 0.182. The quantitative estimate of drug-likeness (QED) is 0.564. The van der Waals surface area contributed by atoms with Crippen molar-refractivity contribution in [1.82, 2.24) is 20.1 Å². The number of hydrogen-bond donors (Lipinski definition) is 2. The molecule has 0 spiro atoms. The number of ether oxygens (including phenoxy) is 1. The molecule has 182 valence electrons. The number of aromatic nitrogens is 1. The standard InChI is InChI=1S/C26H28N4O5/c31-17-23(28-24(32)21-15-20-9-4-5-10-22(20)27-16-21)25(33)29-11-6-12-30(14-13-29)26(34)35-18-19-7-2-1-3-8-19/h1-5,7-10,15-16,23,31H,6,11-14,17-18H2,(H,28,32)/t23-/m0/s1. The number of fused-ring (bicyclic) bond motifs is 1. The maximum absolute atomic E-state index is 13.0. The molecule has 9 heteroatoms. The lowest BCUT2D eigenvalue weighted by atomic mass is 10.1. The molecule has 3 aromatic rings. The summed E-state index contributed by atoms with van der Waals surface area (Å²) in [6.45, 7) is 1.09. The molecule has 1 fully saturated rings. The number of nitrogens with one attached hydrogen (secondary N) is 1. The fourth-order valence-electron chi connectivity index (χ4n) is 3.97. The molecule has 3 amide bonds. The smallest absolute Gasteiger partial charge is 0.410 e. The molecule has 1 aliphatic heterocycles. The molecule has 0 aliphatic carbocycles. The van der Waals surface area contributed by atoms with E-state index in [-0.39, 0.29) is 13.2 Å². The van der Waals surface area contributed by atoms with Crippen LogP contribution in [-0.2, 0) is 16.1 Å². The third kappa shape index (κ3) is 6.13. The van der Waals surface area contributed by atoms with Gasteiger partial charge in [-0.3, -0.25) is 14.6 Å². The molecule has 1 aliphatic rings. The number of carbonyl (C=O) groups is 3. The summed E-state index contributed by atoms with van der Waals surface area (Å²) in [5.74, 6) is -0.884. The molecule has 35 heavy (non-hydrogen) atoms. The Morgan fingerprint density at radius 2 is 1.69 bits per heavy atom. The van der Waals surface area contributed by atoms with E-state index in [0.717, 1.165) is 16.5 Å². The second-order valence-electron chi connectivity index (χ2n) is 8.33. The van der Waals surface area contributed by atoms with Gasteiger partial charge in [-0.25, -0.2) is 4.79 Å². The van der Waals surface area contributed by atoms with Crippen LogP contribution in [0.3, 0.4) is 0 Å². The van der Waals surface area contributed by atoms with E-state index in [9.17, 15) is 19.5 Å². The van der Waals surface area contributed by atoms with Gasteiger partial charge in [0.15, 0.2) is 0 Å². The largest absolute Gasteiger partial charge is 0.445 e. The van der Waals surface area contributed by atoms with Crippen LogP contribution in [0.2, 0.25) is 0 Å². The second-order valence-corrected chi connectivity index (χ2v) is 8.33. The molecule has 0 saturated carbocycles. The van der Waals surface area contributed by atoms with E-state index in [1.54, 1.807) is 15.9 Å². The Hall–Kier alpha value is -3.98. The summed E-state index contributed by atoms with van der Waals surface area (Å²) in [5, 5.41) is 13.2. The van der Waals surface area contributed by atoms with Crippen LogP contribution in [0.1, 0.15) is 22.3 Å². The number of hydrogen-bond acceptors (Lipinski definition) is 6. The Morgan fingerprint density at radius 3 is 2.49 bits per heavy atom. The maximum atomic E-state index is 13.0. The van der Waals surface area contributed by atoms with Crippen LogP contribution in [0.4, 0.5) is 4.79 Å². The van der Waals surface area contributed by atoms with Crippen LogP contribution in [-0.4, -0.2) is 76.6 Å². The third-order valence-corrected chi connectivity index (χ3v) is 5.91. The van der Waals surface area contributed by atoms with Gasteiger partial charge in [0.1, 0.15) is 12.6 Å². The van der Waals surface area contributed by atoms with Crippen molar-refractivity contribution in [1.29, 1.82) is 0 Å². The predicted molar refractivity (Wildman–Crippen MR) is 129 cm³/mol. The minimum atomic E-state index is -1.09. The first-order valence-corrected chi connectivity index (χ1v) is 11.6. The van der Waals surface area contributed by atoms with Crippen LogP contribution in [0.25, 0.3) is 10.9 Å². The Labute approximate surface area is 203 Å². The second kappa shape index (κ2) is 11.4. The topological polar surface area (TPSA) is 112 Å². The first kappa shape index (κ1) is 24.2. The number of carbonyl (C=O) groups excluding carboxylic acids is 3. The van der Waals surface area contributed by atoms with Gasteiger partial charge in [-0.1, -0.05) is 48.5 Å². The van der Waals surface area contributed by atoms with Crippen molar-refractivity contribution >= 4 is 28.8 Å². The zero-order valence-corrected chi connectivity index (χ0v) is 19.3. The molecule has 2 N–H and O–H groups in total. The van der Waals surface area contributed by atoms with Crippen molar-refractivity contribution in [2.24, 2.45) is 0 Å². The first-order valence-electron chi connectivity index (χ1n) is 11.6. The minimum Gasteiger partial charge on any atom is -0.445 e. The molecule has 0 bridgehead atoms. The van der Waals surface area contributed by atoms with Gasteiger partial charge in [0.2, 0.25) is 5.91 Å². The number of benzene rings is 2. The highest BCUT2D eigenvalue weighted by Gasteiger charge is 2.29. The molecule has 0 unspecified atom stereocenters. The lowest BCUT2D eigenvalue weighted by Gasteiger charge is -2.26. The monoisotopic (exact) mass is 476 g/mol. The number of pyridine rings is 1. The Bertz CT molecular complexity index is 1190. The van der Waals surface area contributed by atoms with Crippen molar-refractivity contribution in [3.63, 3.8) is 0 Å². The third-order valence-electron chi connectivity index (χ3n) is 5.91. The average Bonchev–Trinajstić information content (AvgIpc) is 3.16. The highest BCUT2D eigenvalue weighted by atomic mass is 16.6. The zero-order valence-electron chi connectivity index (χ0n) is 19.3. The van der Waals surface area contributed by atoms with Gasteiger partial charge in [-0.15, -0.1) is 0 Å². The molecule has 0 radical (unpaired) electrons. The van der Waals surface area contributed by atoms with E-state index in [2.05, 4.69) is 10.3 Å². The van der Waals surface area contributed by atoms with E-state index in [4.69, 9.17) is 4.74 Å². The predicted octanol–water partition coefficient (Wildman–Crippen LogP) is 2.20. The van der Waals surface area contributed by atoms with Gasteiger partial charge >= 0.3 is 6.09 Å². The molecule has 9 nitrogen and oxygen atoms in total. The summed E-state index contributed by atoms with van der Waals surface area (Å²) < 4.78 is 5.40. The summed E-state index contributed by atoms with van der Waals surface area (Å²) in [6, 6.07) is 17.4. The van der Waals surface area contributed by atoms with Crippen molar-refractivity contribution in [3.8, 4) is 0 Å². The Balaban J connectivity index is 1.32. The normalized spacial score (nSPS) is 14.8. The lowest BCUT2D eigenvalue weighted by molar-refractivity contribution is -0.134. The summed E-state index contributed by atoms with van der Waals surface area (Å²) in [6.07, 6.45) is 1.58. The molecule has 1 aromatic heterocycles. The van der Waals surface area contributed by atoms with Crippen molar-refractivity contribution in [3.05, 3.63) is 78.0 Å². The highest BCUT2D eigenvalue weighted by Crippen LogP contribution is 2.13. The van der Waals surface area contributed by atoms with Gasteiger partial charge in [0.25, 0.3) is 5.91 Å². The number of aliphatic hydroxyl groups excluding tert-OH is 1. The Kier molecular flexibility index (Phi) is 7.89. The average molecular weight is 477 g/mol. The Morgan fingerprint density at radius 1 is 0.971 bits per heavy atom. The number of nitrogens with zero attached hydrogens (tertiary/aromatic N) is 3. The van der Waals surface area contributed by atoms with Crippen LogP contribution in [0, 0.1) is 0 Å². The maximum Gasteiger partial charge on any atom is 0.410 e. The van der Waals surface area contributed by atoms with Gasteiger partial charge in [0.05, 0.1) is 17.7 Å². The lowest BCUT2D eigenvalue weighted by Crippen LogP contribution is -2.51. The molecule has 2 heterocycles. The fraction of sp³-hybridized carbons (Fsp3) is 0.308. The SMILES string of the molecule is O=C(N[C@@H](CO)C(=O)N1CCCN(C(=O)OCc2ccccc2)CC1)c1cnc2ccccc2c1. The molecular weight excluding hydrogens is 448 g/mol. The van der Waals surface area contributed by atoms with E-state index in [1.807, 2.05) is 54.6 Å². The number of amides is 3. The fourth-order valence-corrected chi connectivity index (χ4v) is 3.97. The first-order chi connectivity index (χ1) is 17.0. The highest BCUT2D eigenvalue weighted by molar-refractivity contribution is 5.99. The van der Waals surface area contributed by atoms with Crippen molar-refractivity contribution in [2.75, 3.05) is 32.8 Å². The van der Waals surface area contributed by atoms with E-state index < -0.39 is 30.6 Å². The van der Waals surface area contributed by atoms with Gasteiger partial charge in [-0.05, 0) is 24.1 Å². The van der Waals surface area contributed by atoms with Gasteiger partial charge in [0, 0.05) is 37.8 Å². The summed E-state index contributed by atoms with van der Waals surface area (Å²) >= 11 is 0. The van der Waals surface area contributed by atoms with E-state index >= 15 is 0 Å². The van der Waals surface area contributed by atoms with Crippen LogP contribution >= 0.6 is 0 Å². The van der Waals surface area contributed by atoms with Crippen LogP contribution in [0.5, 0.6) is 0 Å².